The molecule has 0 aliphatic carbocycles. The van der Waals surface area contributed by atoms with Gasteiger partial charge in [-0.2, -0.15) is 0 Å². The second kappa shape index (κ2) is 2.42. The molecule has 3 heteroatoms. The van der Waals surface area contributed by atoms with Gasteiger partial charge in [0.15, 0.2) is 0 Å². The summed E-state index contributed by atoms with van der Waals surface area (Å²) in [4.78, 5) is 1.50. The monoisotopic (exact) mass is 161 g/mol. The standard InChI is InChI=1S/C8H14FNO/c9-7-4-8(6-11)2-1-3-10(8)5-7/h7,11H,1-6H2/t7-,8+/m1/s1/i5D2. The third-order valence-electron chi connectivity index (χ3n) is 2.75. The lowest BCUT2D eigenvalue weighted by Gasteiger charge is -2.28. The van der Waals surface area contributed by atoms with Crippen LogP contribution >= 0.6 is 0 Å². The Hall–Kier alpha value is -0.150. The molecule has 2 nitrogen and oxygen atoms in total. The minimum atomic E-state index is -1.88. The lowest BCUT2D eigenvalue weighted by Crippen LogP contribution is -2.41. The van der Waals surface area contributed by atoms with Crippen molar-refractivity contribution >= 4 is 0 Å². The molecular weight excluding hydrogens is 145 g/mol. The number of nitrogens with zero attached hydrogens (tertiary/aromatic N) is 1. The summed E-state index contributed by atoms with van der Waals surface area (Å²) in [5, 5.41) is 9.20. The summed E-state index contributed by atoms with van der Waals surface area (Å²) in [6.45, 7) is -1.44. The van der Waals surface area contributed by atoms with E-state index in [0.29, 0.717) is 13.0 Å². The van der Waals surface area contributed by atoms with E-state index in [-0.39, 0.29) is 13.0 Å². The largest absolute Gasteiger partial charge is 0.394 e. The van der Waals surface area contributed by atoms with Crippen LogP contribution in [0.5, 0.6) is 0 Å². The first kappa shape index (κ1) is 5.49. The van der Waals surface area contributed by atoms with Crippen molar-refractivity contribution in [3.63, 3.8) is 0 Å². The van der Waals surface area contributed by atoms with Crippen molar-refractivity contribution in [1.82, 2.24) is 4.90 Å². The fourth-order valence-corrected chi connectivity index (χ4v) is 2.13. The van der Waals surface area contributed by atoms with Gasteiger partial charge in [-0.25, -0.2) is 4.39 Å². The van der Waals surface area contributed by atoms with Crippen LogP contribution in [0.15, 0.2) is 0 Å². The summed E-state index contributed by atoms with van der Waals surface area (Å²) in [6, 6.07) is 0. The van der Waals surface area contributed by atoms with Crippen molar-refractivity contribution in [2.75, 3.05) is 19.6 Å². The van der Waals surface area contributed by atoms with Gasteiger partial charge in [0.05, 0.1) is 6.61 Å². The van der Waals surface area contributed by atoms with Crippen LogP contribution in [0.3, 0.4) is 0 Å². The fraction of sp³-hybridized carbons (Fsp3) is 1.00. The van der Waals surface area contributed by atoms with E-state index in [1.54, 1.807) is 0 Å². The maximum Gasteiger partial charge on any atom is 0.115 e. The molecule has 0 spiro atoms. The molecule has 2 aliphatic heterocycles. The Bertz CT molecular complexity index is 226. The summed E-state index contributed by atoms with van der Waals surface area (Å²) < 4.78 is 28.4. The van der Waals surface area contributed by atoms with Crippen LogP contribution in [-0.4, -0.2) is 41.4 Å². The first-order chi connectivity index (χ1) is 6.03. The molecule has 64 valence electrons. The predicted octanol–water partition coefficient (Wildman–Crippen LogP) is 0.555. The zero-order valence-electron chi connectivity index (χ0n) is 8.39. The molecule has 0 amide bonds. The number of rotatable bonds is 1. The summed E-state index contributed by atoms with van der Waals surface area (Å²) in [5.41, 5.74) is -0.608. The lowest BCUT2D eigenvalue weighted by molar-refractivity contribution is 0.0996. The molecule has 0 aromatic heterocycles. The van der Waals surface area contributed by atoms with Gasteiger partial charge in [0, 0.05) is 21.2 Å². The number of alkyl halides is 1. The van der Waals surface area contributed by atoms with E-state index in [9.17, 15) is 9.50 Å². The topological polar surface area (TPSA) is 23.5 Å². The van der Waals surface area contributed by atoms with E-state index in [1.165, 1.54) is 4.90 Å². The van der Waals surface area contributed by atoms with Gasteiger partial charge in [-0.15, -0.1) is 0 Å². The number of hydrogen-bond acceptors (Lipinski definition) is 2. The van der Waals surface area contributed by atoms with Crippen LogP contribution in [0.25, 0.3) is 0 Å². The highest BCUT2D eigenvalue weighted by molar-refractivity contribution is 5.03. The van der Waals surface area contributed by atoms with Crippen molar-refractivity contribution in [2.24, 2.45) is 0 Å². The molecule has 1 N–H and O–H groups in total. The highest BCUT2D eigenvalue weighted by Crippen LogP contribution is 2.39. The third kappa shape index (κ3) is 0.983. The molecule has 0 aromatic carbocycles. The van der Waals surface area contributed by atoms with Crippen LogP contribution in [0.4, 0.5) is 4.39 Å². The normalized spacial score (nSPS) is 52.0. The van der Waals surface area contributed by atoms with Crippen molar-refractivity contribution < 1.29 is 12.2 Å². The second-order valence-corrected chi connectivity index (χ2v) is 3.44. The van der Waals surface area contributed by atoms with Crippen molar-refractivity contribution in [1.29, 1.82) is 0 Å². The van der Waals surface area contributed by atoms with E-state index >= 15 is 0 Å². The Labute approximate surface area is 68.8 Å². The van der Waals surface area contributed by atoms with Crippen LogP contribution in [0.2, 0.25) is 0 Å². The minimum absolute atomic E-state index is 0.132. The average Bonchev–Trinajstić information content (AvgIpc) is 2.55. The van der Waals surface area contributed by atoms with Crippen molar-refractivity contribution in [3.05, 3.63) is 0 Å². The summed E-state index contributed by atoms with van der Waals surface area (Å²) in [5.74, 6) is 0. The molecule has 0 bridgehead atoms. The van der Waals surface area contributed by atoms with Crippen LogP contribution in [-0.2, 0) is 0 Å². The van der Waals surface area contributed by atoms with Gasteiger partial charge in [-0.3, -0.25) is 4.90 Å². The molecule has 0 radical (unpaired) electrons. The Kier molecular flexibility index (Phi) is 1.21. The maximum atomic E-state index is 13.3. The first-order valence-corrected chi connectivity index (χ1v) is 4.06. The van der Waals surface area contributed by atoms with Gasteiger partial charge >= 0.3 is 0 Å². The zero-order valence-corrected chi connectivity index (χ0v) is 6.39. The van der Waals surface area contributed by atoms with Crippen molar-refractivity contribution in [3.8, 4) is 0 Å². The van der Waals surface area contributed by atoms with E-state index in [1.807, 2.05) is 0 Å². The van der Waals surface area contributed by atoms with E-state index in [2.05, 4.69) is 0 Å². The molecule has 0 unspecified atom stereocenters. The van der Waals surface area contributed by atoms with Gasteiger partial charge in [-0.05, 0) is 19.4 Å². The molecule has 0 saturated carbocycles. The highest BCUT2D eigenvalue weighted by Gasteiger charge is 2.47. The molecule has 0 aromatic rings. The zero-order chi connectivity index (χ0) is 9.69. The van der Waals surface area contributed by atoms with E-state index in [0.717, 1.165) is 6.42 Å². The number of aliphatic hydroxyl groups excluding tert-OH is 1. The van der Waals surface area contributed by atoms with Gasteiger partial charge in [0.25, 0.3) is 0 Å². The lowest BCUT2D eigenvalue weighted by atomic mass is 9.95. The number of halogens is 1. The molecule has 2 fully saturated rings. The first-order valence-electron chi connectivity index (χ1n) is 5.06. The van der Waals surface area contributed by atoms with E-state index < -0.39 is 18.2 Å². The van der Waals surface area contributed by atoms with Crippen LogP contribution in [0, 0.1) is 0 Å². The molecule has 2 saturated heterocycles. The molecular formula is C8H14FNO. The van der Waals surface area contributed by atoms with Crippen LogP contribution < -0.4 is 0 Å². The highest BCUT2D eigenvalue weighted by atomic mass is 19.1. The fourth-order valence-electron chi connectivity index (χ4n) is 2.13. The smallest absolute Gasteiger partial charge is 0.115 e. The number of aliphatic hydroxyl groups is 1. The van der Waals surface area contributed by atoms with Gasteiger partial charge < -0.3 is 5.11 Å². The Morgan fingerprint density at radius 2 is 2.64 bits per heavy atom. The van der Waals surface area contributed by atoms with Gasteiger partial charge in [0.1, 0.15) is 6.17 Å². The van der Waals surface area contributed by atoms with E-state index in [4.69, 9.17) is 2.74 Å². The third-order valence-corrected chi connectivity index (χ3v) is 2.75. The molecule has 2 rings (SSSR count). The second-order valence-electron chi connectivity index (χ2n) is 3.44. The summed E-state index contributed by atoms with van der Waals surface area (Å²) >= 11 is 0. The molecule has 2 heterocycles. The molecule has 11 heavy (non-hydrogen) atoms. The summed E-state index contributed by atoms with van der Waals surface area (Å²) in [6.07, 6.45) is 0.243. The number of fused-ring (bicyclic) bond motifs is 1. The SMILES string of the molecule is [2H]C1([2H])[C@H](F)C[C@]2(CO)CCCN12. The van der Waals surface area contributed by atoms with Gasteiger partial charge in [-0.1, -0.05) is 0 Å². The summed E-state index contributed by atoms with van der Waals surface area (Å²) in [7, 11) is 0. The quantitative estimate of drug-likeness (QED) is 0.607. The molecule has 2 atom stereocenters. The number of hydrogen-bond donors (Lipinski definition) is 1. The molecule has 2 aliphatic rings. The van der Waals surface area contributed by atoms with Crippen molar-refractivity contribution in [2.45, 2.75) is 31.0 Å². The van der Waals surface area contributed by atoms with Crippen LogP contribution in [0.1, 0.15) is 22.0 Å². The Balaban J connectivity index is 2.31. The predicted molar refractivity (Wildman–Crippen MR) is 40.1 cm³/mol. The Morgan fingerprint density at radius 1 is 1.82 bits per heavy atom. The maximum absolute atomic E-state index is 13.3. The van der Waals surface area contributed by atoms with Gasteiger partial charge in [0.2, 0.25) is 0 Å². The Morgan fingerprint density at radius 3 is 3.27 bits per heavy atom. The minimum Gasteiger partial charge on any atom is -0.394 e. The average molecular weight is 161 g/mol.